The van der Waals surface area contributed by atoms with Crippen molar-refractivity contribution in [2.75, 3.05) is 18.8 Å². The zero-order chi connectivity index (χ0) is 17.0. The maximum Gasteiger partial charge on any atom is 0.308 e. The molecule has 5 heteroatoms. The number of amides is 1. The number of aliphatic carboxylic acids is 1. The summed E-state index contributed by atoms with van der Waals surface area (Å²) in [7, 11) is 0. The number of hydrogen-bond acceptors (Lipinski definition) is 3. The number of hydrogen-bond donors (Lipinski definition) is 1. The summed E-state index contributed by atoms with van der Waals surface area (Å²) < 4.78 is 0. The van der Waals surface area contributed by atoms with Crippen molar-refractivity contribution in [1.82, 2.24) is 4.90 Å². The number of rotatable bonds is 4. The van der Waals surface area contributed by atoms with Gasteiger partial charge in [-0.05, 0) is 36.0 Å². The minimum atomic E-state index is -0.798. The molecule has 1 N–H and O–H groups in total. The monoisotopic (exact) mass is 335 g/mol. The van der Waals surface area contributed by atoms with E-state index in [1.165, 1.54) is 17.3 Å². The van der Waals surface area contributed by atoms with Gasteiger partial charge in [0.25, 0.3) is 0 Å². The average molecular weight is 335 g/mol. The lowest BCUT2D eigenvalue weighted by molar-refractivity contribution is -0.145. The Kier molecular flexibility index (Phi) is 5.74. The van der Waals surface area contributed by atoms with Crippen molar-refractivity contribution in [1.29, 1.82) is 0 Å². The fourth-order valence-electron chi connectivity index (χ4n) is 2.69. The fraction of sp³-hybridized carbons (Fsp3) is 0.556. The van der Waals surface area contributed by atoms with Crippen molar-refractivity contribution < 1.29 is 14.7 Å². The zero-order valence-corrected chi connectivity index (χ0v) is 14.9. The Bertz CT molecular complexity index is 563. The van der Waals surface area contributed by atoms with Gasteiger partial charge in [0.05, 0.1) is 11.7 Å². The molecule has 1 aliphatic heterocycles. The van der Waals surface area contributed by atoms with Gasteiger partial charge in [-0.3, -0.25) is 9.59 Å². The first kappa shape index (κ1) is 17.9. The number of likely N-dealkylation sites (tertiary alicyclic amines) is 1. The SMILES string of the molecule is CC(C)(C)c1ccc(SCC(=O)N2CCC[C@H](C(=O)O)C2)cc1. The molecule has 0 bridgehead atoms. The quantitative estimate of drug-likeness (QED) is 0.857. The molecule has 1 aromatic carbocycles. The average Bonchev–Trinajstić information content (AvgIpc) is 2.52. The molecular weight excluding hydrogens is 310 g/mol. The molecule has 1 aromatic rings. The second-order valence-electron chi connectivity index (χ2n) is 7.08. The van der Waals surface area contributed by atoms with Gasteiger partial charge in [-0.1, -0.05) is 32.9 Å². The van der Waals surface area contributed by atoms with Crippen molar-refractivity contribution in [3.05, 3.63) is 29.8 Å². The number of piperidine rings is 1. The number of benzene rings is 1. The smallest absolute Gasteiger partial charge is 0.308 e. The molecule has 0 radical (unpaired) electrons. The third kappa shape index (κ3) is 4.99. The first-order valence-corrected chi connectivity index (χ1v) is 9.00. The Morgan fingerprint density at radius 1 is 1.26 bits per heavy atom. The molecule has 0 aliphatic carbocycles. The first-order chi connectivity index (χ1) is 10.8. The minimum Gasteiger partial charge on any atom is -0.481 e. The second-order valence-corrected chi connectivity index (χ2v) is 8.13. The molecule has 126 valence electrons. The van der Waals surface area contributed by atoms with Gasteiger partial charge in [0, 0.05) is 18.0 Å². The molecule has 2 rings (SSSR count). The number of carbonyl (C=O) groups is 2. The van der Waals surface area contributed by atoms with E-state index < -0.39 is 11.9 Å². The molecule has 1 atom stereocenters. The van der Waals surface area contributed by atoms with Crippen LogP contribution in [0.15, 0.2) is 29.2 Å². The lowest BCUT2D eigenvalue weighted by Gasteiger charge is -2.30. The molecule has 1 fully saturated rings. The molecule has 0 spiro atoms. The predicted octanol–water partition coefficient (Wildman–Crippen LogP) is 3.40. The summed E-state index contributed by atoms with van der Waals surface area (Å²) in [6.45, 7) is 7.54. The van der Waals surface area contributed by atoms with Crippen LogP contribution < -0.4 is 0 Å². The molecule has 4 nitrogen and oxygen atoms in total. The summed E-state index contributed by atoms with van der Waals surface area (Å²) in [6.07, 6.45) is 1.44. The van der Waals surface area contributed by atoms with Crippen molar-refractivity contribution in [2.45, 2.75) is 43.9 Å². The maximum absolute atomic E-state index is 12.3. The highest BCUT2D eigenvalue weighted by molar-refractivity contribution is 8.00. The van der Waals surface area contributed by atoms with Crippen LogP contribution in [-0.2, 0) is 15.0 Å². The number of carbonyl (C=O) groups excluding carboxylic acids is 1. The lowest BCUT2D eigenvalue weighted by atomic mass is 9.87. The third-order valence-corrected chi connectivity index (χ3v) is 5.20. The van der Waals surface area contributed by atoms with E-state index in [9.17, 15) is 9.59 Å². The van der Waals surface area contributed by atoms with Crippen LogP contribution in [0.1, 0.15) is 39.2 Å². The van der Waals surface area contributed by atoms with Crippen molar-refractivity contribution in [2.24, 2.45) is 5.92 Å². The lowest BCUT2D eigenvalue weighted by Crippen LogP contribution is -2.43. The Hall–Kier alpha value is -1.49. The highest BCUT2D eigenvalue weighted by Gasteiger charge is 2.27. The van der Waals surface area contributed by atoms with Gasteiger partial charge in [0.1, 0.15) is 0 Å². The van der Waals surface area contributed by atoms with E-state index in [-0.39, 0.29) is 11.3 Å². The van der Waals surface area contributed by atoms with E-state index in [2.05, 4.69) is 45.0 Å². The second kappa shape index (κ2) is 7.39. The fourth-order valence-corrected chi connectivity index (χ4v) is 3.49. The van der Waals surface area contributed by atoms with E-state index in [1.807, 2.05) is 0 Å². The molecule has 0 aromatic heterocycles. The summed E-state index contributed by atoms with van der Waals surface area (Å²) in [5, 5.41) is 9.09. The number of nitrogens with zero attached hydrogens (tertiary/aromatic N) is 1. The van der Waals surface area contributed by atoms with Crippen molar-refractivity contribution >= 4 is 23.6 Å². The highest BCUT2D eigenvalue weighted by Crippen LogP contribution is 2.26. The zero-order valence-electron chi connectivity index (χ0n) is 14.0. The largest absolute Gasteiger partial charge is 0.481 e. The van der Waals surface area contributed by atoms with E-state index in [4.69, 9.17) is 5.11 Å². The van der Waals surface area contributed by atoms with Gasteiger partial charge in [-0.15, -0.1) is 11.8 Å². The third-order valence-electron chi connectivity index (χ3n) is 4.21. The summed E-state index contributed by atoms with van der Waals surface area (Å²) in [4.78, 5) is 26.1. The standard InChI is InChI=1S/C18H25NO3S/c1-18(2,3)14-6-8-15(9-7-14)23-12-16(20)19-10-4-5-13(11-19)17(21)22/h6-9,13H,4-5,10-12H2,1-3H3,(H,21,22)/t13-/m0/s1. The Labute approximate surface area is 142 Å². The molecule has 0 saturated carbocycles. The molecule has 1 saturated heterocycles. The summed E-state index contributed by atoms with van der Waals surface area (Å²) in [5.41, 5.74) is 1.40. The van der Waals surface area contributed by atoms with Crippen LogP contribution in [0.4, 0.5) is 0 Å². The first-order valence-electron chi connectivity index (χ1n) is 8.01. The number of thioether (sulfide) groups is 1. The van der Waals surface area contributed by atoms with Crippen LogP contribution in [0.2, 0.25) is 0 Å². The summed E-state index contributed by atoms with van der Waals surface area (Å²) >= 11 is 1.51. The van der Waals surface area contributed by atoms with Crippen molar-refractivity contribution in [3.8, 4) is 0 Å². The summed E-state index contributed by atoms with van der Waals surface area (Å²) in [5.74, 6) is -0.821. The van der Waals surface area contributed by atoms with E-state index >= 15 is 0 Å². The molecular formula is C18H25NO3S. The Balaban J connectivity index is 1.88. The van der Waals surface area contributed by atoms with E-state index in [0.717, 1.165) is 11.3 Å². The maximum atomic E-state index is 12.3. The Morgan fingerprint density at radius 3 is 2.48 bits per heavy atom. The molecule has 0 unspecified atom stereocenters. The highest BCUT2D eigenvalue weighted by atomic mass is 32.2. The van der Waals surface area contributed by atoms with Crippen LogP contribution in [-0.4, -0.2) is 40.7 Å². The van der Waals surface area contributed by atoms with Gasteiger partial charge in [-0.25, -0.2) is 0 Å². The van der Waals surface area contributed by atoms with Gasteiger partial charge >= 0.3 is 5.97 Å². The van der Waals surface area contributed by atoms with Crippen LogP contribution in [0.25, 0.3) is 0 Å². The molecule has 1 heterocycles. The van der Waals surface area contributed by atoms with Crippen LogP contribution in [0.5, 0.6) is 0 Å². The normalized spacial score (nSPS) is 18.7. The molecule has 1 aliphatic rings. The van der Waals surface area contributed by atoms with Crippen molar-refractivity contribution in [3.63, 3.8) is 0 Å². The van der Waals surface area contributed by atoms with Gasteiger partial charge in [-0.2, -0.15) is 0 Å². The minimum absolute atomic E-state index is 0.0286. The number of carboxylic acids is 1. The van der Waals surface area contributed by atoms with Crippen LogP contribution in [0.3, 0.4) is 0 Å². The topological polar surface area (TPSA) is 57.6 Å². The van der Waals surface area contributed by atoms with Gasteiger partial charge < -0.3 is 10.0 Å². The molecule has 1 amide bonds. The van der Waals surface area contributed by atoms with Crippen LogP contribution in [0, 0.1) is 5.92 Å². The summed E-state index contributed by atoms with van der Waals surface area (Å²) in [6, 6.07) is 8.31. The molecule has 23 heavy (non-hydrogen) atoms. The van der Waals surface area contributed by atoms with Gasteiger partial charge in [0.2, 0.25) is 5.91 Å². The van der Waals surface area contributed by atoms with E-state index in [1.54, 1.807) is 4.90 Å². The predicted molar refractivity (Wildman–Crippen MR) is 92.8 cm³/mol. The van der Waals surface area contributed by atoms with E-state index in [0.29, 0.717) is 25.3 Å². The van der Waals surface area contributed by atoms with Crippen LogP contribution >= 0.6 is 11.8 Å². The van der Waals surface area contributed by atoms with Gasteiger partial charge in [0.15, 0.2) is 0 Å². The Morgan fingerprint density at radius 2 is 1.91 bits per heavy atom. The number of carboxylic acid groups (broad SMARTS) is 1.